The highest BCUT2D eigenvalue weighted by molar-refractivity contribution is 5.58. The lowest BCUT2D eigenvalue weighted by molar-refractivity contribution is 0.976. The summed E-state index contributed by atoms with van der Waals surface area (Å²) in [5.41, 5.74) is 4.17. The average Bonchev–Trinajstić information content (AvgIpc) is 2.20. The quantitative estimate of drug-likeness (QED) is 0.791. The van der Waals surface area contributed by atoms with E-state index in [-0.39, 0.29) is 0 Å². The van der Waals surface area contributed by atoms with E-state index in [0.717, 1.165) is 29.8 Å². The molecular formula is C12H16N2. The van der Waals surface area contributed by atoms with E-state index in [2.05, 4.69) is 18.3 Å². The molecule has 0 amide bonds. The molecule has 0 heterocycles. The molecule has 74 valence electrons. The van der Waals surface area contributed by atoms with Gasteiger partial charge in [-0.15, -0.1) is 0 Å². The smallest absolute Gasteiger partial charge is 0.0994 e. The predicted octanol–water partition coefficient (Wildman–Crippen LogP) is 3.00. The van der Waals surface area contributed by atoms with Crippen molar-refractivity contribution in [3.05, 3.63) is 28.8 Å². The summed E-state index contributed by atoms with van der Waals surface area (Å²) >= 11 is 0. The van der Waals surface area contributed by atoms with Gasteiger partial charge in [0.05, 0.1) is 11.6 Å². The molecule has 0 unspecified atom stereocenters. The van der Waals surface area contributed by atoms with Crippen molar-refractivity contribution >= 4 is 5.69 Å². The molecule has 0 aliphatic carbocycles. The Labute approximate surface area is 85.6 Å². The normalized spacial score (nSPS) is 9.57. The summed E-state index contributed by atoms with van der Waals surface area (Å²) in [6, 6.07) is 6.05. The molecule has 0 aliphatic heterocycles. The maximum Gasteiger partial charge on any atom is 0.0994 e. The van der Waals surface area contributed by atoms with Crippen molar-refractivity contribution in [2.24, 2.45) is 0 Å². The third kappa shape index (κ3) is 2.05. The lowest BCUT2D eigenvalue weighted by atomic mass is 10.0. The first-order valence-electron chi connectivity index (χ1n) is 4.94. The van der Waals surface area contributed by atoms with E-state index in [9.17, 15) is 0 Å². The highest BCUT2D eigenvalue weighted by atomic mass is 14.9. The monoisotopic (exact) mass is 188 g/mol. The molecule has 14 heavy (non-hydrogen) atoms. The Balaban J connectivity index is 3.00. The first kappa shape index (κ1) is 10.6. The lowest BCUT2D eigenvalue weighted by Crippen LogP contribution is -2.03. The maximum absolute atomic E-state index is 8.84. The summed E-state index contributed by atoms with van der Waals surface area (Å²) in [5.74, 6) is 0. The molecule has 0 spiro atoms. The SMILES string of the molecule is CCCNc1ccc(C#N)c(C)c1C. The van der Waals surface area contributed by atoms with E-state index >= 15 is 0 Å². The van der Waals surface area contributed by atoms with Crippen LogP contribution in [0.25, 0.3) is 0 Å². The van der Waals surface area contributed by atoms with Crippen molar-refractivity contribution in [2.75, 3.05) is 11.9 Å². The van der Waals surface area contributed by atoms with Crippen LogP contribution in [0.2, 0.25) is 0 Å². The molecule has 0 saturated heterocycles. The van der Waals surface area contributed by atoms with Crippen LogP contribution in [-0.2, 0) is 0 Å². The Hall–Kier alpha value is -1.49. The molecule has 0 bridgehead atoms. The van der Waals surface area contributed by atoms with E-state index in [1.165, 1.54) is 5.56 Å². The van der Waals surface area contributed by atoms with Crippen molar-refractivity contribution in [1.82, 2.24) is 0 Å². The van der Waals surface area contributed by atoms with Crippen LogP contribution in [0.1, 0.15) is 30.0 Å². The molecule has 0 fully saturated rings. The molecule has 0 radical (unpaired) electrons. The van der Waals surface area contributed by atoms with Crippen LogP contribution in [0.4, 0.5) is 5.69 Å². The van der Waals surface area contributed by atoms with Crippen LogP contribution in [0.15, 0.2) is 12.1 Å². The Morgan fingerprint density at radius 2 is 2.00 bits per heavy atom. The van der Waals surface area contributed by atoms with Crippen molar-refractivity contribution in [3.63, 3.8) is 0 Å². The highest BCUT2D eigenvalue weighted by Gasteiger charge is 2.04. The standard InChI is InChI=1S/C12H16N2/c1-4-7-14-12-6-5-11(8-13)9(2)10(12)3/h5-6,14H,4,7H2,1-3H3. The first-order valence-corrected chi connectivity index (χ1v) is 4.94. The number of nitrogens with zero attached hydrogens (tertiary/aromatic N) is 1. The van der Waals surface area contributed by atoms with Gasteiger partial charge in [-0.2, -0.15) is 5.26 Å². The fourth-order valence-electron chi connectivity index (χ4n) is 1.39. The van der Waals surface area contributed by atoms with Crippen LogP contribution in [0.5, 0.6) is 0 Å². The second-order valence-corrected chi connectivity index (χ2v) is 3.45. The van der Waals surface area contributed by atoms with E-state index in [4.69, 9.17) is 5.26 Å². The third-order valence-corrected chi connectivity index (χ3v) is 2.47. The highest BCUT2D eigenvalue weighted by Crippen LogP contribution is 2.21. The predicted molar refractivity (Wildman–Crippen MR) is 59.4 cm³/mol. The lowest BCUT2D eigenvalue weighted by Gasteiger charge is -2.11. The fraction of sp³-hybridized carbons (Fsp3) is 0.417. The van der Waals surface area contributed by atoms with Gasteiger partial charge in [0.2, 0.25) is 0 Å². The largest absolute Gasteiger partial charge is 0.385 e. The van der Waals surface area contributed by atoms with E-state index < -0.39 is 0 Å². The Morgan fingerprint density at radius 1 is 1.29 bits per heavy atom. The molecule has 0 saturated carbocycles. The number of benzene rings is 1. The molecule has 2 nitrogen and oxygen atoms in total. The summed E-state index contributed by atoms with van der Waals surface area (Å²) in [4.78, 5) is 0. The Kier molecular flexibility index (Phi) is 3.53. The summed E-state index contributed by atoms with van der Waals surface area (Å²) in [5, 5.41) is 12.2. The van der Waals surface area contributed by atoms with Crippen LogP contribution < -0.4 is 5.32 Å². The fourth-order valence-corrected chi connectivity index (χ4v) is 1.39. The topological polar surface area (TPSA) is 35.8 Å². The summed E-state index contributed by atoms with van der Waals surface area (Å²) < 4.78 is 0. The van der Waals surface area contributed by atoms with Gasteiger partial charge in [0.25, 0.3) is 0 Å². The van der Waals surface area contributed by atoms with Crippen molar-refractivity contribution < 1.29 is 0 Å². The molecule has 1 aromatic rings. The number of anilines is 1. The average molecular weight is 188 g/mol. The minimum absolute atomic E-state index is 0.768. The molecular weight excluding hydrogens is 172 g/mol. The van der Waals surface area contributed by atoms with Gasteiger partial charge in [-0.25, -0.2) is 0 Å². The van der Waals surface area contributed by atoms with Gasteiger partial charge >= 0.3 is 0 Å². The molecule has 0 atom stereocenters. The third-order valence-electron chi connectivity index (χ3n) is 2.47. The zero-order valence-corrected chi connectivity index (χ0v) is 9.02. The minimum Gasteiger partial charge on any atom is -0.385 e. The number of nitrogens with one attached hydrogen (secondary N) is 1. The van der Waals surface area contributed by atoms with Gasteiger partial charge in [-0.3, -0.25) is 0 Å². The van der Waals surface area contributed by atoms with E-state index in [1.807, 2.05) is 26.0 Å². The number of rotatable bonds is 3. The second kappa shape index (κ2) is 4.66. The van der Waals surface area contributed by atoms with Gasteiger partial charge in [0.1, 0.15) is 0 Å². The second-order valence-electron chi connectivity index (χ2n) is 3.45. The van der Waals surface area contributed by atoms with Crippen molar-refractivity contribution in [3.8, 4) is 6.07 Å². The van der Waals surface area contributed by atoms with Crippen molar-refractivity contribution in [2.45, 2.75) is 27.2 Å². The van der Waals surface area contributed by atoms with E-state index in [1.54, 1.807) is 0 Å². The summed E-state index contributed by atoms with van der Waals surface area (Å²) in [6.07, 6.45) is 1.11. The Bertz CT molecular complexity index is 361. The number of hydrogen-bond donors (Lipinski definition) is 1. The summed E-state index contributed by atoms with van der Waals surface area (Å²) in [6.45, 7) is 7.16. The molecule has 1 N–H and O–H groups in total. The zero-order chi connectivity index (χ0) is 10.6. The molecule has 0 aliphatic rings. The molecule has 0 aromatic heterocycles. The Morgan fingerprint density at radius 3 is 2.57 bits per heavy atom. The van der Waals surface area contributed by atoms with E-state index in [0.29, 0.717) is 0 Å². The van der Waals surface area contributed by atoms with Crippen LogP contribution in [0.3, 0.4) is 0 Å². The van der Waals surface area contributed by atoms with Crippen molar-refractivity contribution in [1.29, 1.82) is 5.26 Å². The number of hydrogen-bond acceptors (Lipinski definition) is 2. The maximum atomic E-state index is 8.84. The van der Waals surface area contributed by atoms with Gasteiger partial charge in [-0.05, 0) is 43.5 Å². The first-order chi connectivity index (χ1) is 6.70. The van der Waals surface area contributed by atoms with Crippen LogP contribution >= 0.6 is 0 Å². The minimum atomic E-state index is 0.768. The van der Waals surface area contributed by atoms with Gasteiger partial charge in [0.15, 0.2) is 0 Å². The van der Waals surface area contributed by atoms with Crippen LogP contribution in [0, 0.1) is 25.2 Å². The number of nitriles is 1. The van der Waals surface area contributed by atoms with Crippen LogP contribution in [-0.4, -0.2) is 6.54 Å². The van der Waals surface area contributed by atoms with Gasteiger partial charge in [-0.1, -0.05) is 6.92 Å². The zero-order valence-electron chi connectivity index (χ0n) is 9.02. The molecule has 2 heteroatoms. The summed E-state index contributed by atoms with van der Waals surface area (Å²) in [7, 11) is 0. The molecule has 1 rings (SSSR count). The van der Waals surface area contributed by atoms with Gasteiger partial charge in [0, 0.05) is 12.2 Å². The van der Waals surface area contributed by atoms with Gasteiger partial charge < -0.3 is 5.32 Å². The molecule has 1 aromatic carbocycles.